The highest BCUT2D eigenvalue weighted by molar-refractivity contribution is 5.82. The van der Waals surface area contributed by atoms with Crippen molar-refractivity contribution in [2.75, 3.05) is 26.2 Å². The summed E-state index contributed by atoms with van der Waals surface area (Å²) >= 11 is 0. The summed E-state index contributed by atoms with van der Waals surface area (Å²) in [6.45, 7) is 7.61. The first-order chi connectivity index (χ1) is 7.95. The number of nitrogens with two attached hydrogens (primary N) is 1. The number of nitrogens with zero attached hydrogens (tertiary/aromatic N) is 1. The number of aliphatic hydroxyl groups excluding tert-OH is 1. The zero-order valence-electron chi connectivity index (χ0n) is 11.2. The Bertz CT molecular complexity index is 253. The van der Waals surface area contributed by atoms with Crippen LogP contribution in [0.3, 0.4) is 0 Å². The molecule has 0 amide bonds. The lowest BCUT2D eigenvalue weighted by Crippen LogP contribution is -2.38. The van der Waals surface area contributed by atoms with Gasteiger partial charge in [0.25, 0.3) is 0 Å². The number of likely N-dealkylation sites (tertiary alicyclic amines) is 1. The zero-order valence-corrected chi connectivity index (χ0v) is 11.2. The molecule has 0 spiro atoms. The lowest BCUT2D eigenvalue weighted by Gasteiger charge is -2.32. The maximum Gasteiger partial charge on any atom is 0.0963 e. The van der Waals surface area contributed by atoms with E-state index in [2.05, 4.69) is 4.90 Å². The second-order valence-corrected chi connectivity index (χ2v) is 5.89. The van der Waals surface area contributed by atoms with E-state index in [0.29, 0.717) is 12.5 Å². The molecule has 4 heteroatoms. The van der Waals surface area contributed by atoms with Crippen LogP contribution in [0.15, 0.2) is 0 Å². The van der Waals surface area contributed by atoms with Crippen LogP contribution in [0.1, 0.15) is 39.5 Å². The van der Waals surface area contributed by atoms with Gasteiger partial charge in [0.1, 0.15) is 0 Å². The third-order valence-electron chi connectivity index (χ3n) is 3.87. The molecule has 4 N–H and O–H groups in total. The molecule has 17 heavy (non-hydrogen) atoms. The molecule has 0 radical (unpaired) electrons. The number of nitrogens with one attached hydrogen (secondary N) is 1. The van der Waals surface area contributed by atoms with Gasteiger partial charge in [-0.3, -0.25) is 5.41 Å². The van der Waals surface area contributed by atoms with Crippen LogP contribution < -0.4 is 5.73 Å². The van der Waals surface area contributed by atoms with Gasteiger partial charge in [-0.1, -0.05) is 13.8 Å². The Hall–Kier alpha value is -0.610. The van der Waals surface area contributed by atoms with Gasteiger partial charge in [-0.2, -0.15) is 0 Å². The first-order valence-corrected chi connectivity index (χ1v) is 6.63. The van der Waals surface area contributed by atoms with E-state index in [0.717, 1.165) is 38.9 Å². The van der Waals surface area contributed by atoms with E-state index in [-0.39, 0.29) is 11.3 Å². The minimum absolute atomic E-state index is 0.174. The molecular weight excluding hydrogens is 214 g/mol. The zero-order chi connectivity index (χ0) is 12.9. The third kappa shape index (κ3) is 4.64. The summed E-state index contributed by atoms with van der Waals surface area (Å²) in [6.07, 6.45) is 4.39. The molecule has 0 bridgehead atoms. The number of aliphatic hydroxyl groups is 1. The van der Waals surface area contributed by atoms with Gasteiger partial charge in [0.15, 0.2) is 0 Å². The second-order valence-electron chi connectivity index (χ2n) is 5.89. The van der Waals surface area contributed by atoms with Gasteiger partial charge >= 0.3 is 0 Å². The van der Waals surface area contributed by atoms with Gasteiger partial charge in [0, 0.05) is 18.6 Å². The Labute approximate surface area is 105 Å². The van der Waals surface area contributed by atoms with Crippen molar-refractivity contribution in [3.8, 4) is 0 Å². The first-order valence-electron chi connectivity index (χ1n) is 6.63. The molecule has 1 unspecified atom stereocenters. The summed E-state index contributed by atoms with van der Waals surface area (Å²) in [5, 5.41) is 16.7. The van der Waals surface area contributed by atoms with Crippen LogP contribution in [0.5, 0.6) is 0 Å². The molecule has 100 valence electrons. The Balaban J connectivity index is 2.24. The van der Waals surface area contributed by atoms with Crippen molar-refractivity contribution < 1.29 is 5.11 Å². The highest BCUT2D eigenvalue weighted by Crippen LogP contribution is 2.23. The fourth-order valence-corrected chi connectivity index (χ4v) is 2.38. The Morgan fingerprint density at radius 3 is 2.82 bits per heavy atom. The maximum atomic E-state index is 9.16. The van der Waals surface area contributed by atoms with Crippen LogP contribution in [0.2, 0.25) is 0 Å². The molecule has 1 saturated heterocycles. The number of amidine groups is 1. The highest BCUT2D eigenvalue weighted by atomic mass is 16.3. The summed E-state index contributed by atoms with van der Waals surface area (Å²) in [4.78, 5) is 2.43. The monoisotopic (exact) mass is 241 g/mol. The quantitative estimate of drug-likeness (QED) is 0.486. The van der Waals surface area contributed by atoms with Gasteiger partial charge in [-0.15, -0.1) is 0 Å². The minimum Gasteiger partial charge on any atom is -0.396 e. The number of hydrogen-bond acceptors (Lipinski definition) is 3. The Morgan fingerprint density at radius 1 is 1.53 bits per heavy atom. The Morgan fingerprint density at radius 2 is 2.24 bits per heavy atom. The third-order valence-corrected chi connectivity index (χ3v) is 3.87. The lowest BCUT2D eigenvalue weighted by atomic mass is 9.86. The normalized spacial score (nSPS) is 22.6. The number of rotatable bonds is 6. The van der Waals surface area contributed by atoms with Crippen molar-refractivity contribution in [2.45, 2.75) is 39.5 Å². The van der Waals surface area contributed by atoms with E-state index in [1.807, 2.05) is 13.8 Å². The van der Waals surface area contributed by atoms with E-state index in [1.165, 1.54) is 6.42 Å². The van der Waals surface area contributed by atoms with Crippen LogP contribution >= 0.6 is 0 Å². The minimum atomic E-state index is -0.174. The van der Waals surface area contributed by atoms with Gasteiger partial charge in [0.2, 0.25) is 0 Å². The average Bonchev–Trinajstić information content (AvgIpc) is 2.29. The highest BCUT2D eigenvalue weighted by Gasteiger charge is 2.23. The summed E-state index contributed by atoms with van der Waals surface area (Å²) in [7, 11) is 0. The molecule has 1 atom stereocenters. The topological polar surface area (TPSA) is 73.3 Å². The van der Waals surface area contributed by atoms with Crippen molar-refractivity contribution in [2.24, 2.45) is 17.1 Å². The lowest BCUT2D eigenvalue weighted by molar-refractivity contribution is 0.117. The van der Waals surface area contributed by atoms with Crippen molar-refractivity contribution in [3.05, 3.63) is 0 Å². The first kappa shape index (κ1) is 14.5. The van der Waals surface area contributed by atoms with E-state index >= 15 is 0 Å². The predicted molar refractivity (Wildman–Crippen MR) is 71.2 cm³/mol. The van der Waals surface area contributed by atoms with Crippen LogP contribution in [-0.4, -0.2) is 42.1 Å². The SMILES string of the molecule is CC(C)(CCCN1CCCC(CO)C1)C(=N)N. The van der Waals surface area contributed by atoms with Crippen LogP contribution in [0, 0.1) is 16.7 Å². The number of hydrogen-bond donors (Lipinski definition) is 3. The van der Waals surface area contributed by atoms with Gasteiger partial charge in [-0.25, -0.2) is 0 Å². The van der Waals surface area contributed by atoms with Gasteiger partial charge < -0.3 is 15.7 Å². The smallest absolute Gasteiger partial charge is 0.0963 e. The fraction of sp³-hybridized carbons (Fsp3) is 0.923. The van der Waals surface area contributed by atoms with Crippen LogP contribution in [0.25, 0.3) is 0 Å². The van der Waals surface area contributed by atoms with E-state index in [4.69, 9.17) is 16.2 Å². The standard InChI is InChI=1S/C13H27N3O/c1-13(2,12(14)15)6-4-8-16-7-3-5-11(9-16)10-17/h11,17H,3-10H2,1-2H3,(H3,14,15). The molecule has 0 aliphatic carbocycles. The molecule has 1 heterocycles. The predicted octanol–water partition coefficient (Wildman–Crippen LogP) is 1.43. The summed E-state index contributed by atoms with van der Waals surface area (Å²) in [6, 6.07) is 0. The van der Waals surface area contributed by atoms with Crippen LogP contribution in [-0.2, 0) is 0 Å². The summed E-state index contributed by atoms with van der Waals surface area (Å²) < 4.78 is 0. The molecule has 0 aromatic heterocycles. The van der Waals surface area contributed by atoms with Gasteiger partial charge in [0.05, 0.1) is 5.84 Å². The van der Waals surface area contributed by atoms with Crippen molar-refractivity contribution in [1.82, 2.24) is 4.90 Å². The van der Waals surface area contributed by atoms with Crippen LogP contribution in [0.4, 0.5) is 0 Å². The average molecular weight is 241 g/mol. The summed E-state index contributed by atoms with van der Waals surface area (Å²) in [5.41, 5.74) is 5.40. The largest absolute Gasteiger partial charge is 0.396 e. The van der Waals surface area contributed by atoms with E-state index < -0.39 is 0 Å². The molecule has 1 aliphatic heterocycles. The fourth-order valence-electron chi connectivity index (χ4n) is 2.38. The molecule has 0 saturated carbocycles. The Kier molecular flexibility index (Phi) is 5.40. The van der Waals surface area contributed by atoms with E-state index in [1.54, 1.807) is 0 Å². The molecule has 4 nitrogen and oxygen atoms in total. The molecule has 1 rings (SSSR count). The second kappa shape index (κ2) is 6.36. The summed E-state index contributed by atoms with van der Waals surface area (Å²) in [5.74, 6) is 0.744. The van der Waals surface area contributed by atoms with Gasteiger partial charge in [-0.05, 0) is 44.7 Å². The molecule has 1 aliphatic rings. The van der Waals surface area contributed by atoms with E-state index in [9.17, 15) is 0 Å². The van der Waals surface area contributed by atoms with Crippen molar-refractivity contribution in [1.29, 1.82) is 5.41 Å². The maximum absolute atomic E-state index is 9.16. The van der Waals surface area contributed by atoms with Crippen molar-refractivity contribution >= 4 is 5.84 Å². The van der Waals surface area contributed by atoms with Crippen molar-refractivity contribution in [3.63, 3.8) is 0 Å². The molecular formula is C13H27N3O. The molecule has 0 aromatic rings. The number of piperidine rings is 1. The molecule has 1 fully saturated rings. The molecule has 0 aromatic carbocycles.